The van der Waals surface area contributed by atoms with Crippen molar-refractivity contribution >= 4 is 0 Å². The standard InChI is InChI=1S/C7H6F2O3/c1-3-5(11)4(10)2-12-6(3)7(8)9/h2,7,10H,1H3. The lowest BCUT2D eigenvalue weighted by molar-refractivity contribution is 0.117. The first-order chi connectivity index (χ1) is 5.54. The highest BCUT2D eigenvalue weighted by molar-refractivity contribution is 5.25. The van der Waals surface area contributed by atoms with Crippen molar-refractivity contribution in [2.75, 3.05) is 0 Å². The van der Waals surface area contributed by atoms with Crippen molar-refractivity contribution in [2.45, 2.75) is 13.3 Å². The molecule has 3 nitrogen and oxygen atoms in total. The van der Waals surface area contributed by atoms with Gasteiger partial charge in [0.1, 0.15) is 6.26 Å². The molecule has 0 fully saturated rings. The van der Waals surface area contributed by atoms with Crippen LogP contribution in [-0.2, 0) is 0 Å². The van der Waals surface area contributed by atoms with E-state index in [0.29, 0.717) is 6.26 Å². The van der Waals surface area contributed by atoms with Gasteiger partial charge in [-0.2, -0.15) is 0 Å². The highest BCUT2D eigenvalue weighted by atomic mass is 19.3. The molecule has 1 aromatic heterocycles. The number of hydrogen-bond acceptors (Lipinski definition) is 3. The quantitative estimate of drug-likeness (QED) is 0.706. The minimum Gasteiger partial charge on any atom is -0.502 e. The zero-order chi connectivity index (χ0) is 9.30. The molecule has 0 aliphatic rings. The molecule has 5 heteroatoms. The highest BCUT2D eigenvalue weighted by Crippen LogP contribution is 2.21. The highest BCUT2D eigenvalue weighted by Gasteiger charge is 2.17. The van der Waals surface area contributed by atoms with E-state index >= 15 is 0 Å². The lowest BCUT2D eigenvalue weighted by Gasteiger charge is -2.01. The van der Waals surface area contributed by atoms with E-state index in [0.717, 1.165) is 0 Å². The van der Waals surface area contributed by atoms with E-state index in [9.17, 15) is 13.6 Å². The van der Waals surface area contributed by atoms with Crippen LogP contribution in [0.5, 0.6) is 5.75 Å². The SMILES string of the molecule is Cc1c(C(F)F)occ(O)c1=O. The molecular formula is C7H6F2O3. The van der Waals surface area contributed by atoms with Gasteiger partial charge in [-0.15, -0.1) is 0 Å². The van der Waals surface area contributed by atoms with Crippen LogP contribution in [0.25, 0.3) is 0 Å². The molecule has 1 aromatic rings. The average molecular weight is 176 g/mol. The zero-order valence-corrected chi connectivity index (χ0v) is 6.17. The Balaban J connectivity index is 3.37. The second-order valence-corrected chi connectivity index (χ2v) is 2.24. The summed E-state index contributed by atoms with van der Waals surface area (Å²) < 4.78 is 28.4. The van der Waals surface area contributed by atoms with E-state index in [4.69, 9.17) is 5.11 Å². The third kappa shape index (κ3) is 1.30. The predicted molar refractivity (Wildman–Crippen MR) is 36.3 cm³/mol. The summed E-state index contributed by atoms with van der Waals surface area (Å²) in [5.41, 5.74) is -1.08. The largest absolute Gasteiger partial charge is 0.502 e. The molecule has 0 saturated carbocycles. The Morgan fingerprint density at radius 3 is 2.67 bits per heavy atom. The van der Waals surface area contributed by atoms with Crippen molar-refractivity contribution in [3.05, 3.63) is 27.8 Å². The summed E-state index contributed by atoms with van der Waals surface area (Å²) in [5.74, 6) is -1.35. The number of aromatic hydroxyl groups is 1. The van der Waals surface area contributed by atoms with Crippen LogP contribution in [-0.4, -0.2) is 5.11 Å². The molecular weight excluding hydrogens is 170 g/mol. The molecule has 0 atom stereocenters. The average Bonchev–Trinajstić information content (AvgIpc) is 2.00. The predicted octanol–water partition coefficient (Wildman–Crippen LogP) is 1.59. The van der Waals surface area contributed by atoms with Crippen LogP contribution in [0, 0.1) is 6.92 Å². The molecule has 12 heavy (non-hydrogen) atoms. The Morgan fingerprint density at radius 1 is 1.58 bits per heavy atom. The van der Waals surface area contributed by atoms with Crippen LogP contribution >= 0.6 is 0 Å². The molecule has 1 heterocycles. The van der Waals surface area contributed by atoms with Gasteiger partial charge in [0.25, 0.3) is 6.43 Å². The maximum absolute atomic E-state index is 12.0. The number of halogens is 2. The first-order valence-electron chi connectivity index (χ1n) is 3.13. The van der Waals surface area contributed by atoms with Gasteiger partial charge in [0.15, 0.2) is 11.5 Å². The van der Waals surface area contributed by atoms with E-state index < -0.39 is 23.4 Å². The first-order valence-corrected chi connectivity index (χ1v) is 3.13. The molecule has 0 saturated heterocycles. The van der Waals surface area contributed by atoms with Crippen LogP contribution in [0.2, 0.25) is 0 Å². The molecule has 0 aliphatic carbocycles. The van der Waals surface area contributed by atoms with E-state index in [1.165, 1.54) is 6.92 Å². The van der Waals surface area contributed by atoms with Crippen LogP contribution in [0.3, 0.4) is 0 Å². The van der Waals surface area contributed by atoms with E-state index in [1.54, 1.807) is 0 Å². The topological polar surface area (TPSA) is 50.4 Å². The fraction of sp³-hybridized carbons (Fsp3) is 0.286. The van der Waals surface area contributed by atoms with Gasteiger partial charge in [-0.3, -0.25) is 4.79 Å². The van der Waals surface area contributed by atoms with Gasteiger partial charge in [0.05, 0.1) is 0 Å². The van der Waals surface area contributed by atoms with Crippen molar-refractivity contribution in [1.82, 2.24) is 0 Å². The van der Waals surface area contributed by atoms with E-state index in [-0.39, 0.29) is 5.56 Å². The van der Waals surface area contributed by atoms with Crippen molar-refractivity contribution in [3.8, 4) is 5.75 Å². The fourth-order valence-electron chi connectivity index (χ4n) is 0.780. The van der Waals surface area contributed by atoms with Gasteiger partial charge in [-0.25, -0.2) is 8.78 Å². The van der Waals surface area contributed by atoms with E-state index in [2.05, 4.69) is 4.42 Å². The summed E-state index contributed by atoms with van der Waals surface area (Å²) >= 11 is 0. The Bertz CT molecular complexity index is 343. The summed E-state index contributed by atoms with van der Waals surface area (Å²) in [7, 11) is 0. The normalized spacial score (nSPS) is 10.7. The molecule has 0 aliphatic heterocycles. The molecule has 0 spiro atoms. The summed E-state index contributed by atoms with van der Waals surface area (Å²) in [4.78, 5) is 10.9. The van der Waals surface area contributed by atoms with Crippen LogP contribution in [0.1, 0.15) is 17.7 Å². The minimum atomic E-state index is -2.83. The summed E-state index contributed by atoms with van der Waals surface area (Å²) in [6.45, 7) is 1.17. The molecule has 0 bridgehead atoms. The maximum atomic E-state index is 12.0. The van der Waals surface area contributed by atoms with Gasteiger partial charge < -0.3 is 9.52 Å². The van der Waals surface area contributed by atoms with Gasteiger partial charge in [-0.1, -0.05) is 0 Å². The Hall–Kier alpha value is -1.39. The fourth-order valence-corrected chi connectivity index (χ4v) is 0.780. The second kappa shape index (κ2) is 2.92. The molecule has 0 aromatic carbocycles. The number of rotatable bonds is 1. The summed E-state index contributed by atoms with van der Waals surface area (Å²) in [6.07, 6.45) is -2.23. The van der Waals surface area contributed by atoms with Gasteiger partial charge >= 0.3 is 0 Å². The Morgan fingerprint density at radius 2 is 2.17 bits per heavy atom. The summed E-state index contributed by atoms with van der Waals surface area (Å²) in [5, 5.41) is 8.76. The lowest BCUT2D eigenvalue weighted by atomic mass is 10.2. The lowest BCUT2D eigenvalue weighted by Crippen LogP contribution is -2.07. The zero-order valence-electron chi connectivity index (χ0n) is 6.17. The monoisotopic (exact) mass is 176 g/mol. The number of hydrogen-bond donors (Lipinski definition) is 1. The minimum absolute atomic E-state index is 0.259. The third-order valence-electron chi connectivity index (χ3n) is 1.44. The van der Waals surface area contributed by atoms with Crippen LogP contribution in [0.4, 0.5) is 8.78 Å². The van der Waals surface area contributed by atoms with Crippen LogP contribution in [0.15, 0.2) is 15.5 Å². The Kier molecular flexibility index (Phi) is 2.12. The van der Waals surface area contributed by atoms with E-state index in [1.807, 2.05) is 0 Å². The van der Waals surface area contributed by atoms with Gasteiger partial charge in [0.2, 0.25) is 5.43 Å². The van der Waals surface area contributed by atoms with Crippen molar-refractivity contribution in [3.63, 3.8) is 0 Å². The van der Waals surface area contributed by atoms with Crippen LogP contribution < -0.4 is 5.43 Å². The molecule has 0 unspecified atom stereocenters. The van der Waals surface area contributed by atoms with Gasteiger partial charge in [0, 0.05) is 5.56 Å². The first kappa shape index (κ1) is 8.70. The summed E-state index contributed by atoms with van der Waals surface area (Å²) in [6, 6.07) is 0. The molecule has 1 rings (SSSR count). The third-order valence-corrected chi connectivity index (χ3v) is 1.44. The second-order valence-electron chi connectivity index (χ2n) is 2.24. The maximum Gasteiger partial charge on any atom is 0.295 e. The molecule has 66 valence electrons. The molecule has 0 amide bonds. The number of alkyl halides is 2. The van der Waals surface area contributed by atoms with Crippen molar-refractivity contribution in [2.24, 2.45) is 0 Å². The van der Waals surface area contributed by atoms with Crippen molar-refractivity contribution < 1.29 is 18.3 Å². The molecule has 1 N–H and O–H groups in total. The Labute approximate surface area is 66.3 Å². The smallest absolute Gasteiger partial charge is 0.295 e. The molecule has 0 radical (unpaired) electrons. The van der Waals surface area contributed by atoms with Gasteiger partial charge in [-0.05, 0) is 6.92 Å². The van der Waals surface area contributed by atoms with Crippen molar-refractivity contribution in [1.29, 1.82) is 0 Å².